The summed E-state index contributed by atoms with van der Waals surface area (Å²) in [5, 5.41) is 5.33. The Morgan fingerprint density at radius 2 is 1.89 bits per heavy atom. The molecule has 6 heteroatoms. The van der Waals surface area contributed by atoms with Gasteiger partial charge in [-0.15, -0.1) is 11.3 Å². The van der Waals surface area contributed by atoms with E-state index in [4.69, 9.17) is 4.74 Å². The van der Waals surface area contributed by atoms with Crippen molar-refractivity contribution in [1.82, 2.24) is 15.1 Å². The molecule has 0 saturated carbocycles. The highest BCUT2D eigenvalue weighted by Gasteiger charge is 2.30. The van der Waals surface area contributed by atoms with Crippen LogP contribution in [0.3, 0.4) is 0 Å². The largest absolute Gasteiger partial charge is 0.497 e. The molecule has 2 atom stereocenters. The molecule has 2 aromatic rings. The molecule has 3 rings (SSSR count). The van der Waals surface area contributed by atoms with Gasteiger partial charge in [-0.1, -0.05) is 13.0 Å². The lowest BCUT2D eigenvalue weighted by Gasteiger charge is -2.41. The smallest absolute Gasteiger partial charge is 0.251 e. The van der Waals surface area contributed by atoms with Crippen LogP contribution in [-0.4, -0.2) is 61.6 Å². The minimum Gasteiger partial charge on any atom is -0.497 e. The number of piperazine rings is 1. The first kappa shape index (κ1) is 19.9. The Morgan fingerprint density at radius 1 is 1.19 bits per heavy atom. The molecule has 0 radical (unpaired) electrons. The van der Waals surface area contributed by atoms with Crippen molar-refractivity contribution in [3.05, 3.63) is 52.2 Å². The fraction of sp³-hybridized carbons (Fsp3) is 0.476. The van der Waals surface area contributed by atoms with Crippen LogP contribution in [0.15, 0.2) is 41.8 Å². The monoisotopic (exact) mass is 387 g/mol. The number of benzene rings is 1. The lowest BCUT2D eigenvalue weighted by atomic mass is 10.0. The van der Waals surface area contributed by atoms with Gasteiger partial charge in [0.1, 0.15) is 5.75 Å². The Labute approximate surface area is 165 Å². The van der Waals surface area contributed by atoms with Gasteiger partial charge in [-0.3, -0.25) is 9.69 Å². The van der Waals surface area contributed by atoms with E-state index in [1.807, 2.05) is 12.1 Å². The van der Waals surface area contributed by atoms with Gasteiger partial charge in [-0.05, 0) is 49.2 Å². The van der Waals surface area contributed by atoms with E-state index < -0.39 is 0 Å². The lowest BCUT2D eigenvalue weighted by molar-refractivity contribution is 0.0753. The van der Waals surface area contributed by atoms with E-state index in [-0.39, 0.29) is 18.0 Å². The number of nitrogens with zero attached hydrogens (tertiary/aromatic N) is 2. The second-order valence-electron chi connectivity index (χ2n) is 6.92. The Balaban J connectivity index is 1.71. The third kappa shape index (κ3) is 4.89. The Morgan fingerprint density at radius 3 is 2.44 bits per heavy atom. The molecule has 27 heavy (non-hydrogen) atoms. The number of ether oxygens (including phenoxy) is 1. The molecule has 2 heterocycles. The fourth-order valence-corrected chi connectivity index (χ4v) is 4.64. The van der Waals surface area contributed by atoms with Crippen molar-refractivity contribution in [3.8, 4) is 5.75 Å². The molecule has 0 unspecified atom stereocenters. The number of hydrogen-bond acceptors (Lipinski definition) is 5. The van der Waals surface area contributed by atoms with Gasteiger partial charge in [-0.25, -0.2) is 0 Å². The van der Waals surface area contributed by atoms with Crippen LogP contribution in [-0.2, 0) is 0 Å². The zero-order valence-corrected chi connectivity index (χ0v) is 17.2. The van der Waals surface area contributed by atoms with Gasteiger partial charge in [0.25, 0.3) is 5.91 Å². The van der Waals surface area contributed by atoms with Crippen LogP contribution in [0.4, 0.5) is 0 Å². The number of carbonyl (C=O) groups excluding carboxylic acids is 1. The summed E-state index contributed by atoms with van der Waals surface area (Å²) < 4.78 is 5.17. The van der Waals surface area contributed by atoms with Crippen LogP contribution in [0.5, 0.6) is 5.75 Å². The molecule has 5 nitrogen and oxygen atoms in total. The molecule has 0 bridgehead atoms. The van der Waals surface area contributed by atoms with Crippen LogP contribution in [0.1, 0.15) is 35.1 Å². The Bertz CT molecular complexity index is 710. The molecular weight excluding hydrogens is 358 g/mol. The Hall–Kier alpha value is -1.89. The van der Waals surface area contributed by atoms with Crippen LogP contribution in [0.2, 0.25) is 0 Å². The van der Waals surface area contributed by atoms with E-state index in [0.717, 1.165) is 38.5 Å². The molecule has 1 saturated heterocycles. The maximum Gasteiger partial charge on any atom is 0.251 e. The number of amides is 1. The van der Waals surface area contributed by atoms with Crippen LogP contribution < -0.4 is 10.1 Å². The van der Waals surface area contributed by atoms with Gasteiger partial charge >= 0.3 is 0 Å². The van der Waals surface area contributed by atoms with Gasteiger partial charge in [0.15, 0.2) is 0 Å². The quantitative estimate of drug-likeness (QED) is 0.792. The Kier molecular flexibility index (Phi) is 6.88. The van der Waals surface area contributed by atoms with Crippen molar-refractivity contribution in [2.45, 2.75) is 25.9 Å². The van der Waals surface area contributed by atoms with E-state index in [1.165, 1.54) is 4.88 Å². The molecule has 146 valence electrons. The number of carbonyl (C=O) groups is 1. The van der Waals surface area contributed by atoms with Crippen molar-refractivity contribution >= 4 is 17.2 Å². The summed E-state index contributed by atoms with van der Waals surface area (Å²) in [6.07, 6.45) is 0. The maximum atomic E-state index is 12.7. The predicted octanol–water partition coefficient (Wildman–Crippen LogP) is 3.25. The molecule has 1 aromatic carbocycles. The van der Waals surface area contributed by atoms with Gasteiger partial charge in [-0.2, -0.15) is 0 Å². The van der Waals surface area contributed by atoms with E-state index in [9.17, 15) is 4.79 Å². The molecule has 1 aliphatic heterocycles. The van der Waals surface area contributed by atoms with Gasteiger partial charge in [0, 0.05) is 42.7 Å². The number of rotatable bonds is 7. The van der Waals surface area contributed by atoms with Crippen LogP contribution in [0.25, 0.3) is 0 Å². The van der Waals surface area contributed by atoms with Crippen molar-refractivity contribution in [1.29, 1.82) is 0 Å². The summed E-state index contributed by atoms with van der Waals surface area (Å²) in [7, 11) is 1.63. The average Bonchev–Trinajstić information content (AvgIpc) is 3.23. The van der Waals surface area contributed by atoms with Gasteiger partial charge < -0.3 is 15.0 Å². The van der Waals surface area contributed by atoms with Crippen LogP contribution >= 0.6 is 11.3 Å². The summed E-state index contributed by atoms with van der Waals surface area (Å²) in [5.74, 6) is 0.712. The first-order chi connectivity index (χ1) is 13.1. The second-order valence-corrected chi connectivity index (χ2v) is 7.90. The highest BCUT2D eigenvalue weighted by atomic mass is 32.1. The minimum atomic E-state index is -0.0427. The first-order valence-electron chi connectivity index (χ1n) is 9.57. The van der Waals surface area contributed by atoms with E-state index in [0.29, 0.717) is 5.56 Å². The third-order valence-corrected chi connectivity index (χ3v) is 6.21. The molecular formula is C21H29N3O2S. The number of thiophene rings is 1. The summed E-state index contributed by atoms with van der Waals surface area (Å²) in [4.78, 5) is 19.0. The molecule has 0 aliphatic carbocycles. The number of nitrogens with one attached hydrogen (secondary N) is 1. The fourth-order valence-electron chi connectivity index (χ4n) is 3.67. The maximum absolute atomic E-state index is 12.7. The number of methoxy groups -OCH3 is 1. The standard InChI is InChI=1S/C21H29N3O2S/c1-4-23-11-13-24(14-12-23)20(19-6-5-15-27-19)16(2)22-21(25)17-7-9-18(26-3)10-8-17/h5-10,15-16,20H,4,11-14H2,1-3H3,(H,22,25)/t16-,20+/m0/s1. The second kappa shape index (κ2) is 9.35. The van der Waals surface area contributed by atoms with Crippen molar-refractivity contribution < 1.29 is 9.53 Å². The molecule has 1 aliphatic rings. The van der Waals surface area contributed by atoms with E-state index >= 15 is 0 Å². The van der Waals surface area contributed by atoms with Gasteiger partial charge in [0.2, 0.25) is 0 Å². The highest BCUT2D eigenvalue weighted by Crippen LogP contribution is 2.29. The molecule has 1 N–H and O–H groups in total. The summed E-state index contributed by atoms with van der Waals surface area (Å²) in [5.41, 5.74) is 0.656. The van der Waals surface area contributed by atoms with E-state index in [1.54, 1.807) is 30.6 Å². The highest BCUT2D eigenvalue weighted by molar-refractivity contribution is 7.10. The molecule has 1 fully saturated rings. The molecule has 1 amide bonds. The predicted molar refractivity (Wildman–Crippen MR) is 111 cm³/mol. The van der Waals surface area contributed by atoms with Crippen LogP contribution in [0, 0.1) is 0 Å². The first-order valence-corrected chi connectivity index (χ1v) is 10.4. The summed E-state index contributed by atoms with van der Waals surface area (Å²) in [6.45, 7) is 9.64. The normalized spacial score (nSPS) is 18.0. The van der Waals surface area contributed by atoms with Crippen molar-refractivity contribution in [2.24, 2.45) is 0 Å². The third-order valence-electron chi connectivity index (χ3n) is 5.27. The SMILES string of the molecule is CCN1CCN([C@@H](c2cccs2)[C@H](C)NC(=O)c2ccc(OC)cc2)CC1. The zero-order chi connectivity index (χ0) is 19.2. The summed E-state index contributed by atoms with van der Waals surface area (Å²) in [6, 6.07) is 11.7. The average molecular weight is 388 g/mol. The number of likely N-dealkylation sites (N-methyl/N-ethyl adjacent to an activating group) is 1. The van der Waals surface area contributed by atoms with E-state index in [2.05, 4.69) is 46.5 Å². The number of hydrogen-bond donors (Lipinski definition) is 1. The summed E-state index contributed by atoms with van der Waals surface area (Å²) >= 11 is 1.76. The van der Waals surface area contributed by atoms with Crippen molar-refractivity contribution in [3.63, 3.8) is 0 Å². The topological polar surface area (TPSA) is 44.8 Å². The van der Waals surface area contributed by atoms with Crippen molar-refractivity contribution in [2.75, 3.05) is 39.8 Å². The minimum absolute atomic E-state index is 0.0198. The molecule has 1 aromatic heterocycles. The van der Waals surface area contributed by atoms with Gasteiger partial charge in [0.05, 0.1) is 13.2 Å². The lowest BCUT2D eigenvalue weighted by Crippen LogP contribution is -2.52. The molecule has 0 spiro atoms. The zero-order valence-electron chi connectivity index (χ0n) is 16.4.